The number of nitrogens with zero attached hydrogens (tertiary/aromatic N) is 1. The molecule has 0 heterocycles. The van der Waals surface area contributed by atoms with E-state index < -0.39 is 0 Å². The molecular formula is C16H26N2. The van der Waals surface area contributed by atoms with Crippen molar-refractivity contribution < 1.29 is 0 Å². The topological polar surface area (TPSA) is 15.3 Å². The monoisotopic (exact) mass is 246 g/mol. The summed E-state index contributed by atoms with van der Waals surface area (Å²) in [4.78, 5) is 2.53. The first kappa shape index (κ1) is 13.4. The maximum absolute atomic E-state index is 3.67. The summed E-state index contributed by atoms with van der Waals surface area (Å²) >= 11 is 0. The summed E-state index contributed by atoms with van der Waals surface area (Å²) in [5, 5.41) is 3.67. The van der Waals surface area contributed by atoms with Crippen molar-refractivity contribution in [1.29, 1.82) is 0 Å². The number of likely N-dealkylation sites (N-methyl/N-ethyl adjacent to an activating group) is 1. The van der Waals surface area contributed by atoms with Crippen LogP contribution in [0.1, 0.15) is 38.7 Å². The zero-order chi connectivity index (χ0) is 13.0. The molecule has 0 aromatic heterocycles. The lowest BCUT2D eigenvalue weighted by Gasteiger charge is -2.32. The lowest BCUT2D eigenvalue weighted by Crippen LogP contribution is -2.42. The Labute approximate surface area is 111 Å². The average Bonchev–Trinajstić information content (AvgIpc) is 3.18. The molecule has 0 radical (unpaired) electrons. The zero-order valence-corrected chi connectivity index (χ0v) is 11.9. The van der Waals surface area contributed by atoms with Crippen LogP contribution in [0.4, 0.5) is 5.69 Å². The summed E-state index contributed by atoms with van der Waals surface area (Å²) in [5.74, 6) is 0. The molecule has 1 atom stereocenters. The SMILES string of the molecule is CCC(CNC1CC1)N(CC)c1cccc(C)c1. The third-order valence-electron chi connectivity index (χ3n) is 3.81. The molecule has 0 aliphatic heterocycles. The van der Waals surface area contributed by atoms with E-state index in [1.54, 1.807) is 0 Å². The molecule has 1 unspecified atom stereocenters. The second kappa shape index (κ2) is 6.24. The predicted molar refractivity (Wildman–Crippen MR) is 79.3 cm³/mol. The Kier molecular flexibility index (Phi) is 4.65. The fraction of sp³-hybridized carbons (Fsp3) is 0.625. The molecule has 1 aromatic carbocycles. The van der Waals surface area contributed by atoms with E-state index in [1.807, 2.05) is 0 Å². The number of hydrogen-bond donors (Lipinski definition) is 1. The van der Waals surface area contributed by atoms with Gasteiger partial charge >= 0.3 is 0 Å². The standard InChI is InChI=1S/C16H26N2/c1-4-15(12-17-14-9-10-14)18(5-2)16-8-6-7-13(3)11-16/h6-8,11,14-15,17H,4-5,9-10,12H2,1-3H3. The van der Waals surface area contributed by atoms with Crippen molar-refractivity contribution in [2.24, 2.45) is 0 Å². The summed E-state index contributed by atoms with van der Waals surface area (Å²) in [5.41, 5.74) is 2.71. The van der Waals surface area contributed by atoms with Gasteiger partial charge in [-0.2, -0.15) is 0 Å². The molecule has 0 amide bonds. The molecule has 1 aliphatic carbocycles. The third kappa shape index (κ3) is 3.49. The summed E-state index contributed by atoms with van der Waals surface area (Å²) in [6, 6.07) is 10.3. The van der Waals surface area contributed by atoms with Crippen LogP contribution in [0.25, 0.3) is 0 Å². The highest BCUT2D eigenvalue weighted by Gasteiger charge is 2.23. The summed E-state index contributed by atoms with van der Waals surface area (Å²) in [6.07, 6.45) is 3.93. The Morgan fingerprint density at radius 2 is 2.11 bits per heavy atom. The van der Waals surface area contributed by atoms with E-state index in [0.717, 1.165) is 19.1 Å². The van der Waals surface area contributed by atoms with Crippen LogP contribution in [-0.4, -0.2) is 25.2 Å². The van der Waals surface area contributed by atoms with Gasteiger partial charge in [0, 0.05) is 30.9 Å². The number of aryl methyl sites for hydroxylation is 1. The van der Waals surface area contributed by atoms with E-state index in [0.29, 0.717) is 6.04 Å². The van der Waals surface area contributed by atoms with E-state index in [1.165, 1.54) is 30.5 Å². The largest absolute Gasteiger partial charge is 0.368 e. The van der Waals surface area contributed by atoms with Crippen LogP contribution < -0.4 is 10.2 Å². The van der Waals surface area contributed by atoms with Crippen molar-refractivity contribution in [3.05, 3.63) is 29.8 Å². The molecule has 100 valence electrons. The second-order valence-electron chi connectivity index (χ2n) is 5.37. The number of nitrogens with one attached hydrogen (secondary N) is 1. The summed E-state index contributed by atoms with van der Waals surface area (Å²) in [6.45, 7) is 8.90. The van der Waals surface area contributed by atoms with E-state index in [9.17, 15) is 0 Å². The zero-order valence-electron chi connectivity index (χ0n) is 11.9. The fourth-order valence-corrected chi connectivity index (χ4v) is 2.52. The smallest absolute Gasteiger partial charge is 0.0411 e. The Morgan fingerprint density at radius 3 is 2.67 bits per heavy atom. The maximum Gasteiger partial charge on any atom is 0.0411 e. The van der Waals surface area contributed by atoms with Crippen molar-refractivity contribution in [2.45, 2.75) is 52.1 Å². The van der Waals surface area contributed by atoms with Gasteiger partial charge < -0.3 is 10.2 Å². The number of benzene rings is 1. The van der Waals surface area contributed by atoms with Crippen molar-refractivity contribution in [1.82, 2.24) is 5.32 Å². The normalized spacial score (nSPS) is 16.6. The molecule has 1 fully saturated rings. The molecule has 1 aliphatic rings. The first-order valence-corrected chi connectivity index (χ1v) is 7.31. The van der Waals surface area contributed by atoms with Gasteiger partial charge in [-0.25, -0.2) is 0 Å². The van der Waals surface area contributed by atoms with Crippen LogP contribution in [0, 0.1) is 6.92 Å². The van der Waals surface area contributed by atoms with Gasteiger partial charge in [0.15, 0.2) is 0 Å². The molecule has 1 aromatic rings. The molecule has 1 saturated carbocycles. The Balaban J connectivity index is 2.03. The average molecular weight is 246 g/mol. The summed E-state index contributed by atoms with van der Waals surface area (Å²) < 4.78 is 0. The van der Waals surface area contributed by atoms with Gasteiger partial charge in [0.2, 0.25) is 0 Å². The van der Waals surface area contributed by atoms with Crippen LogP contribution in [0.5, 0.6) is 0 Å². The molecular weight excluding hydrogens is 220 g/mol. The minimum absolute atomic E-state index is 0.609. The number of rotatable bonds is 7. The maximum atomic E-state index is 3.67. The molecule has 0 saturated heterocycles. The highest BCUT2D eigenvalue weighted by molar-refractivity contribution is 5.49. The Morgan fingerprint density at radius 1 is 1.33 bits per heavy atom. The lowest BCUT2D eigenvalue weighted by molar-refractivity contribution is 0.523. The van der Waals surface area contributed by atoms with Gasteiger partial charge in [0.1, 0.15) is 0 Å². The third-order valence-corrected chi connectivity index (χ3v) is 3.81. The van der Waals surface area contributed by atoms with Gasteiger partial charge in [0.05, 0.1) is 0 Å². The quantitative estimate of drug-likeness (QED) is 0.793. The molecule has 18 heavy (non-hydrogen) atoms. The van der Waals surface area contributed by atoms with Gasteiger partial charge in [0.25, 0.3) is 0 Å². The van der Waals surface area contributed by atoms with Gasteiger partial charge in [-0.3, -0.25) is 0 Å². The van der Waals surface area contributed by atoms with Crippen LogP contribution in [0.15, 0.2) is 24.3 Å². The molecule has 2 rings (SSSR count). The first-order chi connectivity index (χ1) is 8.74. The van der Waals surface area contributed by atoms with Crippen molar-refractivity contribution in [3.63, 3.8) is 0 Å². The molecule has 2 nitrogen and oxygen atoms in total. The highest BCUT2D eigenvalue weighted by atomic mass is 15.2. The van der Waals surface area contributed by atoms with Crippen molar-refractivity contribution >= 4 is 5.69 Å². The summed E-state index contributed by atoms with van der Waals surface area (Å²) in [7, 11) is 0. The molecule has 2 heteroatoms. The minimum Gasteiger partial charge on any atom is -0.368 e. The van der Waals surface area contributed by atoms with E-state index in [4.69, 9.17) is 0 Å². The second-order valence-corrected chi connectivity index (χ2v) is 5.37. The van der Waals surface area contributed by atoms with Crippen molar-refractivity contribution in [3.8, 4) is 0 Å². The van der Waals surface area contributed by atoms with Gasteiger partial charge in [-0.15, -0.1) is 0 Å². The predicted octanol–water partition coefficient (Wildman–Crippen LogP) is 3.35. The number of hydrogen-bond acceptors (Lipinski definition) is 2. The van der Waals surface area contributed by atoms with E-state index in [2.05, 4.69) is 55.3 Å². The van der Waals surface area contributed by atoms with Gasteiger partial charge in [-0.05, 0) is 50.8 Å². The number of anilines is 1. The van der Waals surface area contributed by atoms with E-state index >= 15 is 0 Å². The Hall–Kier alpha value is -1.02. The molecule has 0 bridgehead atoms. The van der Waals surface area contributed by atoms with E-state index in [-0.39, 0.29) is 0 Å². The van der Waals surface area contributed by atoms with Crippen LogP contribution in [0.2, 0.25) is 0 Å². The first-order valence-electron chi connectivity index (χ1n) is 7.31. The van der Waals surface area contributed by atoms with Gasteiger partial charge in [-0.1, -0.05) is 19.1 Å². The lowest BCUT2D eigenvalue weighted by atomic mass is 10.1. The Bertz CT molecular complexity index is 371. The highest BCUT2D eigenvalue weighted by Crippen LogP contribution is 2.22. The molecule has 1 N–H and O–H groups in total. The van der Waals surface area contributed by atoms with Crippen molar-refractivity contribution in [2.75, 3.05) is 18.0 Å². The minimum atomic E-state index is 0.609. The molecule has 0 spiro atoms. The van der Waals surface area contributed by atoms with Crippen LogP contribution in [-0.2, 0) is 0 Å². The van der Waals surface area contributed by atoms with Crippen LogP contribution >= 0.6 is 0 Å². The fourth-order valence-electron chi connectivity index (χ4n) is 2.52. The van der Waals surface area contributed by atoms with Crippen LogP contribution in [0.3, 0.4) is 0 Å².